The van der Waals surface area contributed by atoms with Crippen molar-refractivity contribution in [1.29, 1.82) is 0 Å². The number of halogens is 3. The Morgan fingerprint density at radius 3 is 2.55 bits per heavy atom. The minimum Gasteiger partial charge on any atom is -0.492 e. The van der Waals surface area contributed by atoms with E-state index in [4.69, 9.17) is 4.74 Å². The molecule has 6 nitrogen and oxygen atoms in total. The van der Waals surface area contributed by atoms with Gasteiger partial charge in [0.05, 0.1) is 24.1 Å². The van der Waals surface area contributed by atoms with Crippen LogP contribution in [-0.2, 0) is 17.5 Å². The molecular formula is C22H20F3N3O3. The minimum absolute atomic E-state index is 0.0213. The zero-order valence-electron chi connectivity index (χ0n) is 16.6. The number of nitrogens with one attached hydrogen (secondary N) is 1. The number of ether oxygens (including phenoxy) is 1. The predicted octanol–water partition coefficient (Wildman–Crippen LogP) is 3.43. The lowest BCUT2D eigenvalue weighted by atomic mass is 10.1. The first-order valence-corrected chi connectivity index (χ1v) is 9.43. The van der Waals surface area contributed by atoms with Gasteiger partial charge in [-0.2, -0.15) is 13.2 Å². The van der Waals surface area contributed by atoms with Gasteiger partial charge < -0.3 is 10.1 Å². The smallest absolute Gasteiger partial charge is 0.416 e. The van der Waals surface area contributed by atoms with E-state index >= 15 is 0 Å². The number of carbonyl (C=O) groups excluding carboxylic acids is 1. The van der Waals surface area contributed by atoms with Crippen LogP contribution in [-0.4, -0.2) is 28.6 Å². The zero-order valence-corrected chi connectivity index (χ0v) is 16.6. The molecule has 31 heavy (non-hydrogen) atoms. The third-order valence-electron chi connectivity index (χ3n) is 4.40. The molecule has 2 aromatic carbocycles. The van der Waals surface area contributed by atoms with Crippen LogP contribution >= 0.6 is 0 Å². The van der Waals surface area contributed by atoms with Crippen molar-refractivity contribution in [1.82, 2.24) is 14.9 Å². The summed E-state index contributed by atoms with van der Waals surface area (Å²) in [6.07, 6.45) is -3.15. The lowest BCUT2D eigenvalue weighted by Gasteiger charge is -2.11. The lowest BCUT2D eigenvalue weighted by molar-refractivity contribution is -0.137. The van der Waals surface area contributed by atoms with Crippen LogP contribution in [0.15, 0.2) is 65.7 Å². The molecule has 1 amide bonds. The molecule has 0 radical (unpaired) electrons. The average molecular weight is 431 g/mol. The molecule has 0 fully saturated rings. The molecule has 1 N–H and O–H groups in total. The first-order valence-electron chi connectivity index (χ1n) is 9.43. The SMILES string of the molecule is Cc1ccc(-c2cc(=O)n(CC(=O)NCCOc3cccc(C(F)(F)F)c3)cn2)cc1. The molecule has 0 unspecified atom stereocenters. The van der Waals surface area contributed by atoms with Gasteiger partial charge in [-0.05, 0) is 25.1 Å². The van der Waals surface area contributed by atoms with Gasteiger partial charge >= 0.3 is 6.18 Å². The Balaban J connectivity index is 1.50. The molecule has 1 heterocycles. The highest BCUT2D eigenvalue weighted by molar-refractivity contribution is 5.75. The number of alkyl halides is 3. The van der Waals surface area contributed by atoms with E-state index in [-0.39, 0.29) is 31.0 Å². The first-order chi connectivity index (χ1) is 14.7. The summed E-state index contributed by atoms with van der Waals surface area (Å²) in [5.41, 5.74) is 1.21. The maximum absolute atomic E-state index is 12.7. The van der Waals surface area contributed by atoms with Gasteiger partial charge in [-0.25, -0.2) is 4.98 Å². The van der Waals surface area contributed by atoms with E-state index in [2.05, 4.69) is 10.3 Å². The molecule has 3 aromatic rings. The molecule has 0 spiro atoms. The fourth-order valence-electron chi connectivity index (χ4n) is 2.76. The van der Waals surface area contributed by atoms with E-state index in [0.717, 1.165) is 23.3 Å². The third kappa shape index (κ3) is 6.18. The maximum atomic E-state index is 12.7. The van der Waals surface area contributed by atoms with Crippen LogP contribution in [0.1, 0.15) is 11.1 Å². The van der Waals surface area contributed by atoms with E-state index < -0.39 is 17.6 Å². The Morgan fingerprint density at radius 1 is 1.13 bits per heavy atom. The molecule has 9 heteroatoms. The minimum atomic E-state index is -4.45. The van der Waals surface area contributed by atoms with Crippen molar-refractivity contribution in [3.8, 4) is 17.0 Å². The maximum Gasteiger partial charge on any atom is 0.416 e. The molecule has 1 aromatic heterocycles. The quantitative estimate of drug-likeness (QED) is 0.582. The zero-order chi connectivity index (χ0) is 22.4. The van der Waals surface area contributed by atoms with E-state index in [1.807, 2.05) is 31.2 Å². The second kappa shape index (κ2) is 9.46. The van der Waals surface area contributed by atoms with Gasteiger partial charge in [0.2, 0.25) is 5.91 Å². The third-order valence-corrected chi connectivity index (χ3v) is 4.40. The lowest BCUT2D eigenvalue weighted by Crippen LogP contribution is -2.34. The fraction of sp³-hybridized carbons (Fsp3) is 0.227. The molecule has 162 valence electrons. The highest BCUT2D eigenvalue weighted by atomic mass is 19.4. The number of nitrogens with zero attached hydrogens (tertiary/aromatic N) is 2. The molecule has 0 aliphatic heterocycles. The number of carbonyl (C=O) groups is 1. The van der Waals surface area contributed by atoms with Crippen LogP contribution in [0.4, 0.5) is 13.2 Å². The Bertz CT molecular complexity index is 1110. The molecule has 0 bridgehead atoms. The molecule has 3 rings (SSSR count). The number of aryl methyl sites for hydroxylation is 1. The Morgan fingerprint density at radius 2 is 1.87 bits per heavy atom. The van der Waals surface area contributed by atoms with Crippen LogP contribution in [0.3, 0.4) is 0 Å². The summed E-state index contributed by atoms with van der Waals surface area (Å²) in [7, 11) is 0. The van der Waals surface area contributed by atoms with E-state index in [1.165, 1.54) is 29.1 Å². The number of hydrogen-bond acceptors (Lipinski definition) is 4. The van der Waals surface area contributed by atoms with Crippen LogP contribution in [0, 0.1) is 6.92 Å². The van der Waals surface area contributed by atoms with Crippen LogP contribution in [0.5, 0.6) is 5.75 Å². The summed E-state index contributed by atoms with van der Waals surface area (Å²) in [4.78, 5) is 28.5. The van der Waals surface area contributed by atoms with Crippen LogP contribution in [0.25, 0.3) is 11.3 Å². The van der Waals surface area contributed by atoms with Crippen molar-refractivity contribution in [2.75, 3.05) is 13.2 Å². The van der Waals surface area contributed by atoms with E-state index in [9.17, 15) is 22.8 Å². The number of amides is 1. The number of rotatable bonds is 7. The van der Waals surface area contributed by atoms with Gasteiger partial charge in [-0.15, -0.1) is 0 Å². The van der Waals surface area contributed by atoms with Crippen LogP contribution < -0.4 is 15.6 Å². The summed E-state index contributed by atoms with van der Waals surface area (Å²) < 4.78 is 44.5. The van der Waals surface area contributed by atoms with E-state index in [1.54, 1.807) is 0 Å². The van der Waals surface area contributed by atoms with Crippen molar-refractivity contribution in [2.24, 2.45) is 0 Å². The van der Waals surface area contributed by atoms with Gasteiger partial charge in [-0.1, -0.05) is 35.9 Å². The largest absolute Gasteiger partial charge is 0.492 e. The fourth-order valence-corrected chi connectivity index (χ4v) is 2.76. The standard InChI is InChI=1S/C22H20F3N3O3/c1-15-5-7-16(8-6-15)19-12-21(30)28(14-27-19)13-20(29)26-9-10-31-18-4-2-3-17(11-18)22(23,24)25/h2-8,11-12,14H,9-10,13H2,1H3,(H,26,29). The molecule has 0 saturated carbocycles. The normalized spacial score (nSPS) is 11.2. The first kappa shape index (κ1) is 22.1. The van der Waals surface area contributed by atoms with Crippen LogP contribution in [0.2, 0.25) is 0 Å². The molecule has 0 atom stereocenters. The topological polar surface area (TPSA) is 73.2 Å². The molecule has 0 aliphatic carbocycles. The average Bonchev–Trinajstić information content (AvgIpc) is 2.73. The molecule has 0 aliphatic rings. The van der Waals surface area contributed by atoms with Gasteiger partial charge in [0.25, 0.3) is 5.56 Å². The van der Waals surface area contributed by atoms with Gasteiger partial charge in [0, 0.05) is 11.6 Å². The number of aromatic nitrogens is 2. The number of benzene rings is 2. The van der Waals surface area contributed by atoms with Crippen molar-refractivity contribution >= 4 is 5.91 Å². The Labute approximate surface area is 176 Å². The second-order valence-corrected chi connectivity index (χ2v) is 6.83. The monoisotopic (exact) mass is 431 g/mol. The van der Waals surface area contributed by atoms with Crippen molar-refractivity contribution in [3.63, 3.8) is 0 Å². The summed E-state index contributed by atoms with van der Waals surface area (Å²) in [5.74, 6) is -0.393. The molecule has 0 saturated heterocycles. The van der Waals surface area contributed by atoms with E-state index in [0.29, 0.717) is 5.69 Å². The highest BCUT2D eigenvalue weighted by Crippen LogP contribution is 2.31. The summed E-state index contributed by atoms with van der Waals surface area (Å²) in [6.45, 7) is 1.77. The second-order valence-electron chi connectivity index (χ2n) is 6.83. The number of hydrogen-bond donors (Lipinski definition) is 1. The molecular weight excluding hydrogens is 411 g/mol. The summed E-state index contributed by atoms with van der Waals surface area (Å²) in [6, 6.07) is 13.4. The van der Waals surface area contributed by atoms with Crippen molar-refractivity contribution in [3.05, 3.63) is 82.4 Å². The summed E-state index contributed by atoms with van der Waals surface area (Å²) >= 11 is 0. The van der Waals surface area contributed by atoms with Gasteiger partial charge in [-0.3, -0.25) is 14.2 Å². The van der Waals surface area contributed by atoms with Crippen molar-refractivity contribution in [2.45, 2.75) is 19.6 Å². The van der Waals surface area contributed by atoms with Gasteiger partial charge in [0.15, 0.2) is 0 Å². The Kier molecular flexibility index (Phi) is 6.74. The van der Waals surface area contributed by atoms with Crippen molar-refractivity contribution < 1.29 is 22.7 Å². The summed E-state index contributed by atoms with van der Waals surface area (Å²) in [5, 5.41) is 2.55. The predicted molar refractivity (Wildman–Crippen MR) is 109 cm³/mol. The highest BCUT2D eigenvalue weighted by Gasteiger charge is 2.30. The van der Waals surface area contributed by atoms with Gasteiger partial charge in [0.1, 0.15) is 18.9 Å². The Hall–Kier alpha value is -3.62.